The Kier molecular flexibility index (Phi) is 6.91. The number of amides is 4. The van der Waals surface area contributed by atoms with Crippen molar-refractivity contribution in [2.24, 2.45) is 0 Å². The predicted molar refractivity (Wildman–Crippen MR) is 92.9 cm³/mol. The molecule has 0 saturated heterocycles. The minimum Gasteiger partial charge on any atom is -0.333 e. The SMILES string of the molecule is Cc1ccc(NC(=O)C[NH+](C)CC(=O)NC(=O)NC(C)(C)C)cc1. The van der Waals surface area contributed by atoms with Gasteiger partial charge in [-0.05, 0) is 39.8 Å². The Bertz CT molecular complexity index is 591. The fourth-order valence-corrected chi connectivity index (χ4v) is 2.00. The summed E-state index contributed by atoms with van der Waals surface area (Å²) in [4.78, 5) is 36.0. The molecule has 1 rings (SSSR count). The normalized spacial score (nSPS) is 12.2. The van der Waals surface area contributed by atoms with Crippen molar-refractivity contribution >= 4 is 23.5 Å². The average Bonchev–Trinajstić information content (AvgIpc) is 2.38. The molecule has 0 aliphatic carbocycles. The van der Waals surface area contributed by atoms with E-state index in [1.165, 1.54) is 0 Å². The lowest BCUT2D eigenvalue weighted by Gasteiger charge is -2.20. The Morgan fingerprint density at radius 1 is 1.00 bits per heavy atom. The number of benzene rings is 1. The summed E-state index contributed by atoms with van der Waals surface area (Å²) >= 11 is 0. The molecular weight excluding hydrogens is 308 g/mol. The first-order valence-corrected chi connectivity index (χ1v) is 7.85. The topological polar surface area (TPSA) is 91.7 Å². The average molecular weight is 335 g/mol. The van der Waals surface area contributed by atoms with Crippen LogP contribution in [0.25, 0.3) is 0 Å². The van der Waals surface area contributed by atoms with Gasteiger partial charge in [0.2, 0.25) is 0 Å². The third-order valence-electron chi connectivity index (χ3n) is 3.00. The molecule has 1 aromatic rings. The van der Waals surface area contributed by atoms with E-state index in [1.807, 2.05) is 52.0 Å². The van der Waals surface area contributed by atoms with Crippen molar-refractivity contribution in [3.05, 3.63) is 29.8 Å². The van der Waals surface area contributed by atoms with E-state index in [4.69, 9.17) is 0 Å². The number of carbonyl (C=O) groups is 3. The number of nitrogens with one attached hydrogen (secondary N) is 4. The summed E-state index contributed by atoms with van der Waals surface area (Å²) in [5.41, 5.74) is 1.41. The first-order valence-electron chi connectivity index (χ1n) is 7.85. The zero-order valence-corrected chi connectivity index (χ0v) is 14.9. The summed E-state index contributed by atoms with van der Waals surface area (Å²) in [5, 5.41) is 7.67. The van der Waals surface area contributed by atoms with Gasteiger partial charge < -0.3 is 15.5 Å². The van der Waals surface area contributed by atoms with Crippen LogP contribution in [-0.2, 0) is 9.59 Å². The second-order valence-corrected chi connectivity index (χ2v) is 6.98. The van der Waals surface area contributed by atoms with Crippen LogP contribution in [0.15, 0.2) is 24.3 Å². The maximum absolute atomic E-state index is 12.0. The molecule has 0 heterocycles. The van der Waals surface area contributed by atoms with E-state index in [9.17, 15) is 14.4 Å². The van der Waals surface area contributed by atoms with Gasteiger partial charge in [0.05, 0.1) is 7.05 Å². The summed E-state index contributed by atoms with van der Waals surface area (Å²) in [6.07, 6.45) is 0. The van der Waals surface area contributed by atoms with E-state index in [-0.39, 0.29) is 19.0 Å². The van der Waals surface area contributed by atoms with Crippen LogP contribution in [0.5, 0.6) is 0 Å². The fourth-order valence-electron chi connectivity index (χ4n) is 2.00. The predicted octanol–water partition coefficient (Wildman–Crippen LogP) is 0.0725. The van der Waals surface area contributed by atoms with E-state index in [0.29, 0.717) is 10.6 Å². The molecule has 0 aromatic heterocycles. The van der Waals surface area contributed by atoms with Crippen LogP contribution in [0.1, 0.15) is 26.3 Å². The van der Waals surface area contributed by atoms with E-state index in [2.05, 4.69) is 16.0 Å². The minimum atomic E-state index is -0.538. The highest BCUT2D eigenvalue weighted by atomic mass is 16.2. The number of likely N-dealkylation sites (N-methyl/N-ethyl adjacent to an activating group) is 1. The third kappa shape index (κ3) is 8.28. The molecule has 132 valence electrons. The lowest BCUT2D eigenvalue weighted by molar-refractivity contribution is -0.862. The maximum Gasteiger partial charge on any atom is 0.322 e. The van der Waals surface area contributed by atoms with E-state index in [1.54, 1.807) is 7.05 Å². The quantitative estimate of drug-likeness (QED) is 0.614. The maximum atomic E-state index is 12.0. The molecule has 24 heavy (non-hydrogen) atoms. The van der Waals surface area contributed by atoms with Crippen LogP contribution in [0, 0.1) is 6.92 Å². The zero-order chi connectivity index (χ0) is 18.3. The van der Waals surface area contributed by atoms with Gasteiger partial charge in [0, 0.05) is 11.2 Å². The van der Waals surface area contributed by atoms with Gasteiger partial charge >= 0.3 is 6.03 Å². The Labute approximate surface area is 142 Å². The standard InChI is InChI=1S/C17H26N4O3/c1-12-6-8-13(9-7-12)18-14(22)10-21(5)11-15(23)19-16(24)20-17(2,3)4/h6-9H,10-11H2,1-5H3,(H,18,22)(H2,19,20,23,24)/p+1. The number of carbonyl (C=O) groups excluding carboxylic acids is 3. The highest BCUT2D eigenvalue weighted by Crippen LogP contribution is 2.07. The van der Waals surface area contributed by atoms with Crippen molar-refractivity contribution in [3.8, 4) is 0 Å². The second-order valence-electron chi connectivity index (χ2n) is 6.98. The van der Waals surface area contributed by atoms with Gasteiger partial charge in [-0.25, -0.2) is 4.79 Å². The molecule has 4 N–H and O–H groups in total. The number of aryl methyl sites for hydroxylation is 1. The second kappa shape index (κ2) is 8.44. The molecule has 7 heteroatoms. The first kappa shape index (κ1) is 19.6. The molecule has 0 spiro atoms. The number of hydrogen-bond donors (Lipinski definition) is 4. The van der Waals surface area contributed by atoms with E-state index in [0.717, 1.165) is 5.56 Å². The summed E-state index contributed by atoms with van der Waals surface area (Å²) in [6, 6.07) is 6.93. The van der Waals surface area contributed by atoms with Crippen molar-refractivity contribution in [2.75, 3.05) is 25.5 Å². The number of quaternary nitrogens is 1. The lowest BCUT2D eigenvalue weighted by atomic mass is 10.1. The van der Waals surface area contributed by atoms with Gasteiger partial charge in [-0.15, -0.1) is 0 Å². The van der Waals surface area contributed by atoms with Crippen LogP contribution >= 0.6 is 0 Å². The van der Waals surface area contributed by atoms with Crippen LogP contribution in [-0.4, -0.2) is 43.5 Å². The van der Waals surface area contributed by atoms with Gasteiger partial charge in [0.15, 0.2) is 13.1 Å². The smallest absolute Gasteiger partial charge is 0.322 e. The van der Waals surface area contributed by atoms with E-state index >= 15 is 0 Å². The van der Waals surface area contributed by atoms with Gasteiger partial charge in [0.25, 0.3) is 11.8 Å². The third-order valence-corrected chi connectivity index (χ3v) is 3.00. The molecular formula is C17H27N4O3+. The number of anilines is 1. The molecule has 0 saturated carbocycles. The molecule has 0 fully saturated rings. The van der Waals surface area contributed by atoms with Crippen molar-refractivity contribution < 1.29 is 19.3 Å². The summed E-state index contributed by atoms with van der Waals surface area (Å²) in [6.45, 7) is 7.59. The van der Waals surface area contributed by atoms with Crippen molar-refractivity contribution in [1.29, 1.82) is 0 Å². The molecule has 0 radical (unpaired) electrons. The van der Waals surface area contributed by atoms with Gasteiger partial charge in [-0.1, -0.05) is 17.7 Å². The fraction of sp³-hybridized carbons (Fsp3) is 0.471. The van der Waals surface area contributed by atoms with Crippen LogP contribution in [0.2, 0.25) is 0 Å². The number of hydrogen-bond acceptors (Lipinski definition) is 3. The Hall–Kier alpha value is -2.41. The monoisotopic (exact) mass is 335 g/mol. The number of urea groups is 1. The first-order chi connectivity index (χ1) is 11.0. The van der Waals surface area contributed by atoms with Gasteiger partial charge in [0.1, 0.15) is 0 Å². The number of rotatable bonds is 5. The molecule has 1 atom stereocenters. The van der Waals surface area contributed by atoms with Gasteiger partial charge in [-0.3, -0.25) is 14.9 Å². The van der Waals surface area contributed by atoms with Gasteiger partial charge in [-0.2, -0.15) is 0 Å². The Balaban J connectivity index is 2.37. The molecule has 0 bridgehead atoms. The summed E-state index contributed by atoms with van der Waals surface area (Å²) in [7, 11) is 1.72. The largest absolute Gasteiger partial charge is 0.333 e. The van der Waals surface area contributed by atoms with Crippen LogP contribution in [0.3, 0.4) is 0 Å². The summed E-state index contributed by atoms with van der Waals surface area (Å²) < 4.78 is 0. The lowest BCUT2D eigenvalue weighted by Crippen LogP contribution is -3.11. The minimum absolute atomic E-state index is 0.0267. The molecule has 1 unspecified atom stereocenters. The molecule has 0 aliphatic rings. The molecule has 7 nitrogen and oxygen atoms in total. The highest BCUT2D eigenvalue weighted by molar-refractivity contribution is 5.95. The highest BCUT2D eigenvalue weighted by Gasteiger charge is 2.19. The van der Waals surface area contributed by atoms with Crippen LogP contribution < -0.4 is 20.9 Å². The number of imide groups is 1. The van der Waals surface area contributed by atoms with Crippen molar-refractivity contribution in [3.63, 3.8) is 0 Å². The van der Waals surface area contributed by atoms with Crippen molar-refractivity contribution in [2.45, 2.75) is 33.2 Å². The van der Waals surface area contributed by atoms with E-state index < -0.39 is 17.5 Å². The Morgan fingerprint density at radius 3 is 2.08 bits per heavy atom. The van der Waals surface area contributed by atoms with Crippen LogP contribution in [0.4, 0.5) is 10.5 Å². The summed E-state index contributed by atoms with van der Waals surface area (Å²) in [5.74, 6) is -0.624. The Morgan fingerprint density at radius 2 is 1.54 bits per heavy atom. The molecule has 1 aromatic carbocycles. The molecule has 0 aliphatic heterocycles. The molecule has 4 amide bonds. The van der Waals surface area contributed by atoms with Crippen molar-refractivity contribution in [1.82, 2.24) is 10.6 Å². The zero-order valence-electron chi connectivity index (χ0n) is 14.9.